The van der Waals surface area contributed by atoms with Crippen molar-refractivity contribution in [3.8, 4) is 0 Å². The largest absolute Gasteiger partial charge is 0.466 e. The van der Waals surface area contributed by atoms with Gasteiger partial charge in [0.2, 0.25) is 0 Å². The van der Waals surface area contributed by atoms with E-state index in [4.69, 9.17) is 17.4 Å². The molecular formula is C26H34ClFN4O3S. The smallest absolute Gasteiger partial charge is 0.305 e. The average molecular weight is 537 g/mol. The Labute approximate surface area is 223 Å². The highest BCUT2D eigenvalue weighted by Gasteiger charge is 2.40. The molecule has 0 N–H and O–H groups in total. The number of rotatable bonds is 11. The molecule has 7 nitrogen and oxygen atoms in total. The van der Waals surface area contributed by atoms with Crippen LogP contribution in [0.25, 0.3) is 6.08 Å². The summed E-state index contributed by atoms with van der Waals surface area (Å²) in [6, 6.07) is 6.02. The number of esters is 1. The topological polar surface area (TPSA) is 77.3 Å². The molecule has 36 heavy (non-hydrogen) atoms. The van der Waals surface area contributed by atoms with Gasteiger partial charge >= 0.3 is 5.97 Å². The van der Waals surface area contributed by atoms with E-state index in [0.29, 0.717) is 38.2 Å². The molecule has 2 unspecified atom stereocenters. The molecule has 1 saturated heterocycles. The molecule has 2 fully saturated rings. The molecular weight excluding hydrogens is 503 g/mol. The summed E-state index contributed by atoms with van der Waals surface area (Å²) in [4.78, 5) is 26.7. The molecule has 1 aromatic heterocycles. The number of likely N-dealkylation sites (tertiary alicyclic amines) is 1. The summed E-state index contributed by atoms with van der Waals surface area (Å²) in [5, 5.41) is 8.51. The van der Waals surface area contributed by atoms with Gasteiger partial charge in [0.15, 0.2) is 5.78 Å². The van der Waals surface area contributed by atoms with E-state index in [0.717, 1.165) is 43.4 Å². The van der Waals surface area contributed by atoms with Gasteiger partial charge in [-0.25, -0.2) is 4.39 Å². The number of aromatic nitrogens is 3. The second-order valence-corrected chi connectivity index (χ2v) is 9.89. The number of halogens is 2. The minimum atomic E-state index is -0.581. The fourth-order valence-electron chi connectivity index (χ4n) is 4.53. The highest BCUT2D eigenvalue weighted by Crippen LogP contribution is 2.39. The maximum absolute atomic E-state index is 14.7. The Morgan fingerprint density at radius 3 is 2.75 bits per heavy atom. The third kappa shape index (κ3) is 7.40. The second kappa shape index (κ2) is 13.4. The Balaban J connectivity index is 0.00000361. The van der Waals surface area contributed by atoms with Gasteiger partial charge in [0, 0.05) is 42.8 Å². The summed E-state index contributed by atoms with van der Waals surface area (Å²) in [5.41, 5.74) is 2.22. The van der Waals surface area contributed by atoms with Crippen molar-refractivity contribution in [3.05, 3.63) is 53.1 Å². The van der Waals surface area contributed by atoms with Crippen LogP contribution in [0.2, 0.25) is 0 Å². The zero-order chi connectivity index (χ0) is 24.8. The van der Waals surface area contributed by atoms with Gasteiger partial charge in [-0.2, -0.15) is 12.6 Å². The number of carbonyl (C=O) groups is 2. The molecule has 2 aromatic rings. The molecule has 1 saturated carbocycles. The second-order valence-electron chi connectivity index (χ2n) is 9.26. The van der Waals surface area contributed by atoms with Crippen LogP contribution in [0, 0.1) is 11.7 Å². The first-order valence-electron chi connectivity index (χ1n) is 12.4. The summed E-state index contributed by atoms with van der Waals surface area (Å²) in [6.07, 6.45) is 8.33. The highest BCUT2D eigenvalue weighted by atomic mass is 35.5. The van der Waals surface area contributed by atoms with Crippen LogP contribution in [0.15, 0.2) is 36.0 Å². The van der Waals surface area contributed by atoms with E-state index in [1.807, 2.05) is 12.3 Å². The summed E-state index contributed by atoms with van der Waals surface area (Å²) in [6.45, 7) is 4.07. The van der Waals surface area contributed by atoms with E-state index >= 15 is 0 Å². The van der Waals surface area contributed by atoms with Crippen molar-refractivity contribution in [1.82, 2.24) is 19.9 Å². The van der Waals surface area contributed by atoms with Crippen LogP contribution in [0.4, 0.5) is 4.39 Å². The molecule has 1 aliphatic heterocycles. The van der Waals surface area contributed by atoms with E-state index in [9.17, 15) is 14.0 Å². The van der Waals surface area contributed by atoms with E-state index < -0.39 is 6.04 Å². The molecule has 4 rings (SSSR count). The lowest BCUT2D eigenvalue weighted by atomic mass is 9.93. The molecule has 2 heterocycles. The minimum Gasteiger partial charge on any atom is -0.466 e. The number of benzene rings is 1. The third-order valence-corrected chi connectivity index (χ3v) is 7.12. The molecule has 1 aromatic carbocycles. The number of carbonyl (C=O) groups excluding carboxylic acids is 2. The number of piperidine rings is 1. The normalized spacial score (nSPS) is 20.1. The molecule has 0 amide bonds. The number of aryl methyl sites for hydroxylation is 1. The maximum atomic E-state index is 14.7. The molecule has 0 bridgehead atoms. The first-order valence-corrected chi connectivity index (χ1v) is 12.9. The number of ketones is 1. The van der Waals surface area contributed by atoms with Crippen molar-refractivity contribution < 1.29 is 18.7 Å². The van der Waals surface area contributed by atoms with Crippen molar-refractivity contribution in [2.24, 2.45) is 5.92 Å². The number of unbranched alkanes of at least 4 members (excludes halogenated alkanes) is 1. The van der Waals surface area contributed by atoms with Crippen LogP contribution >= 0.6 is 25.0 Å². The predicted octanol–water partition coefficient (Wildman–Crippen LogP) is 4.68. The van der Waals surface area contributed by atoms with Gasteiger partial charge < -0.3 is 4.74 Å². The molecule has 2 aliphatic rings. The zero-order valence-corrected chi connectivity index (χ0v) is 22.2. The van der Waals surface area contributed by atoms with E-state index in [-0.39, 0.29) is 41.1 Å². The summed E-state index contributed by atoms with van der Waals surface area (Å²) >= 11 is 4.77. The summed E-state index contributed by atoms with van der Waals surface area (Å²) < 4.78 is 21.4. The molecule has 0 spiro atoms. The Morgan fingerprint density at radius 1 is 1.25 bits per heavy atom. The SMILES string of the molecule is CCOC(=O)CCCCn1cc(/C=C2/CN(C(C(=O)C3CC3)c3ccccc3F)CCC2S)nn1.Cl. The van der Waals surface area contributed by atoms with Crippen molar-refractivity contribution in [1.29, 1.82) is 0 Å². The lowest BCUT2D eigenvalue weighted by Gasteiger charge is -2.37. The number of hydrogen-bond donors (Lipinski definition) is 1. The number of ether oxygens (including phenoxy) is 1. The number of nitrogens with zero attached hydrogens (tertiary/aromatic N) is 4. The van der Waals surface area contributed by atoms with Gasteiger partial charge in [0.05, 0.1) is 18.8 Å². The van der Waals surface area contributed by atoms with Gasteiger partial charge in [0.1, 0.15) is 11.5 Å². The predicted molar refractivity (Wildman–Crippen MR) is 142 cm³/mol. The Hall–Kier alpha value is -2.23. The van der Waals surface area contributed by atoms with Gasteiger partial charge in [-0.15, -0.1) is 17.5 Å². The molecule has 10 heteroatoms. The number of Topliss-reactive ketones (excluding diaryl/α,β-unsaturated/α-hetero) is 1. The van der Waals surface area contributed by atoms with Gasteiger partial charge in [0.25, 0.3) is 0 Å². The van der Waals surface area contributed by atoms with Crippen LogP contribution in [0.1, 0.15) is 62.7 Å². The van der Waals surface area contributed by atoms with E-state index in [1.165, 1.54) is 6.07 Å². The Kier molecular flexibility index (Phi) is 10.5. The van der Waals surface area contributed by atoms with Crippen LogP contribution in [0.3, 0.4) is 0 Å². The van der Waals surface area contributed by atoms with Crippen LogP contribution in [-0.2, 0) is 20.9 Å². The Bertz CT molecular complexity index is 1070. The standard InChI is InChI=1S/C26H33FN4O3S.ClH/c1-2-34-24(32)9-5-6-13-31-17-20(28-29-31)15-19-16-30(14-12-23(19)35)25(26(33)18-10-11-18)21-7-3-4-8-22(21)27;/h3-4,7-8,15,17-18,23,25,35H,2,5-6,9-14,16H2,1H3;1H/b19-15-;. The van der Waals surface area contributed by atoms with Crippen LogP contribution in [-0.4, -0.2) is 56.6 Å². The number of thiol groups is 1. The van der Waals surface area contributed by atoms with E-state index in [1.54, 1.807) is 29.8 Å². The lowest BCUT2D eigenvalue weighted by molar-refractivity contribution is -0.143. The molecule has 2 atom stereocenters. The van der Waals surface area contributed by atoms with Gasteiger partial charge in [-0.1, -0.05) is 23.4 Å². The third-order valence-electron chi connectivity index (χ3n) is 6.53. The van der Waals surface area contributed by atoms with Crippen molar-refractivity contribution in [2.45, 2.75) is 63.3 Å². The van der Waals surface area contributed by atoms with E-state index in [2.05, 4.69) is 15.2 Å². The average Bonchev–Trinajstić information content (AvgIpc) is 3.60. The van der Waals surface area contributed by atoms with Crippen molar-refractivity contribution in [2.75, 3.05) is 19.7 Å². The molecule has 1 aliphatic carbocycles. The molecule has 0 radical (unpaired) electrons. The van der Waals surface area contributed by atoms with Crippen molar-refractivity contribution >= 4 is 42.9 Å². The quantitative estimate of drug-likeness (QED) is 0.255. The highest BCUT2D eigenvalue weighted by molar-refractivity contribution is 7.81. The summed E-state index contributed by atoms with van der Waals surface area (Å²) in [7, 11) is 0. The zero-order valence-electron chi connectivity index (χ0n) is 20.5. The fraction of sp³-hybridized carbons (Fsp3) is 0.538. The number of hydrogen-bond acceptors (Lipinski definition) is 7. The monoisotopic (exact) mass is 536 g/mol. The molecule has 196 valence electrons. The van der Waals surface area contributed by atoms with Gasteiger partial charge in [-0.05, 0) is 56.7 Å². The summed E-state index contributed by atoms with van der Waals surface area (Å²) in [5.74, 6) is -0.367. The Morgan fingerprint density at radius 2 is 2.03 bits per heavy atom. The maximum Gasteiger partial charge on any atom is 0.305 e. The van der Waals surface area contributed by atoms with Crippen molar-refractivity contribution in [3.63, 3.8) is 0 Å². The minimum absolute atomic E-state index is 0. The van der Waals surface area contributed by atoms with Gasteiger partial charge in [-0.3, -0.25) is 19.2 Å². The fourth-order valence-corrected chi connectivity index (χ4v) is 4.80. The van der Waals surface area contributed by atoms with Crippen LogP contribution in [0.5, 0.6) is 0 Å². The first-order chi connectivity index (χ1) is 17.0. The first kappa shape index (κ1) is 28.3. The lowest BCUT2D eigenvalue weighted by Crippen LogP contribution is -2.42. The van der Waals surface area contributed by atoms with Crippen LogP contribution < -0.4 is 0 Å².